The van der Waals surface area contributed by atoms with Crippen molar-refractivity contribution in [2.24, 2.45) is 0 Å². The lowest BCUT2D eigenvalue weighted by atomic mass is 10.2. The molecule has 1 amide bonds. The van der Waals surface area contributed by atoms with E-state index in [0.29, 0.717) is 5.75 Å². The summed E-state index contributed by atoms with van der Waals surface area (Å²) in [5, 5.41) is 0. The van der Waals surface area contributed by atoms with Crippen molar-refractivity contribution in [1.82, 2.24) is 0 Å². The van der Waals surface area contributed by atoms with Crippen LogP contribution in [0.2, 0.25) is 0 Å². The molecule has 0 aliphatic heterocycles. The van der Waals surface area contributed by atoms with Crippen molar-refractivity contribution in [3.63, 3.8) is 0 Å². The minimum Gasteiger partial charge on any atom is -0.457 e. The topological polar surface area (TPSA) is 29.5 Å². The van der Waals surface area contributed by atoms with Crippen LogP contribution >= 0.6 is 0 Å². The summed E-state index contributed by atoms with van der Waals surface area (Å²) in [5.41, 5.74) is 1.56. The summed E-state index contributed by atoms with van der Waals surface area (Å²) < 4.78 is 5.84. The summed E-state index contributed by atoms with van der Waals surface area (Å²) in [6, 6.07) is 27.3. The molecular formula is C20H16NO2. The highest BCUT2D eigenvalue weighted by Crippen LogP contribution is 2.30. The van der Waals surface area contributed by atoms with Gasteiger partial charge in [0.25, 0.3) is 0 Å². The average molecular weight is 302 g/mol. The van der Waals surface area contributed by atoms with E-state index in [1.54, 1.807) is 24.0 Å². The first-order valence-corrected chi connectivity index (χ1v) is 7.34. The average Bonchev–Trinajstić information content (AvgIpc) is 2.57. The summed E-state index contributed by atoms with van der Waals surface area (Å²) in [7, 11) is 0. The van der Waals surface area contributed by atoms with Gasteiger partial charge in [-0.25, -0.2) is 0 Å². The van der Waals surface area contributed by atoms with E-state index in [-0.39, 0.29) is 5.91 Å². The predicted molar refractivity (Wildman–Crippen MR) is 91.1 cm³/mol. The van der Waals surface area contributed by atoms with Gasteiger partial charge in [-0.1, -0.05) is 36.4 Å². The largest absolute Gasteiger partial charge is 0.457 e. The number of benzene rings is 3. The van der Waals surface area contributed by atoms with Crippen LogP contribution in [0.3, 0.4) is 0 Å². The number of rotatable bonds is 4. The van der Waals surface area contributed by atoms with Crippen LogP contribution in [0.15, 0.2) is 78.9 Å². The smallest absolute Gasteiger partial charge is 0.228 e. The van der Waals surface area contributed by atoms with E-state index in [4.69, 9.17) is 4.74 Å². The number of para-hydroxylation sites is 1. The van der Waals surface area contributed by atoms with Crippen molar-refractivity contribution in [3.05, 3.63) is 84.9 Å². The molecule has 3 aromatic carbocycles. The first kappa shape index (κ1) is 14.9. The molecule has 3 nitrogen and oxygen atoms in total. The van der Waals surface area contributed by atoms with Crippen LogP contribution in [0.25, 0.3) is 0 Å². The summed E-state index contributed by atoms with van der Waals surface area (Å²) in [5.74, 6) is 1.38. The molecule has 0 saturated heterocycles. The van der Waals surface area contributed by atoms with Gasteiger partial charge in [0, 0.05) is 18.7 Å². The maximum Gasteiger partial charge on any atom is 0.228 e. The highest BCUT2D eigenvalue weighted by atomic mass is 16.5. The molecule has 113 valence electrons. The van der Waals surface area contributed by atoms with E-state index >= 15 is 0 Å². The van der Waals surface area contributed by atoms with Gasteiger partial charge in [0.2, 0.25) is 5.91 Å². The first-order chi connectivity index (χ1) is 11.2. The van der Waals surface area contributed by atoms with Crippen molar-refractivity contribution in [2.45, 2.75) is 6.92 Å². The molecule has 3 heteroatoms. The maximum atomic E-state index is 12.1. The Morgan fingerprint density at radius 2 is 1.57 bits per heavy atom. The lowest BCUT2D eigenvalue weighted by Gasteiger charge is -2.21. The molecule has 0 atom stereocenters. The SMILES string of the molecule is CC(=O)N(c1cc[c]cc1)c1cccc(Oc2ccccc2)c1. The fraction of sp³-hybridized carbons (Fsp3) is 0.0500. The number of hydrogen-bond donors (Lipinski definition) is 0. The standard InChI is InChI=1S/C20H16NO2/c1-16(22)21(17-9-4-2-5-10-17)18-11-8-14-20(15-18)23-19-12-6-3-7-13-19/h3-15H,1H3. The Kier molecular flexibility index (Phi) is 4.39. The Morgan fingerprint density at radius 1 is 0.870 bits per heavy atom. The van der Waals surface area contributed by atoms with Crippen LogP contribution in [0, 0.1) is 6.07 Å². The van der Waals surface area contributed by atoms with Crippen LogP contribution in [-0.2, 0) is 4.79 Å². The fourth-order valence-electron chi connectivity index (χ4n) is 2.35. The fourth-order valence-corrected chi connectivity index (χ4v) is 2.35. The molecule has 3 rings (SSSR count). The summed E-state index contributed by atoms with van der Waals surface area (Å²) in [4.78, 5) is 13.7. The van der Waals surface area contributed by atoms with Crippen LogP contribution < -0.4 is 9.64 Å². The summed E-state index contributed by atoms with van der Waals surface area (Å²) in [6.07, 6.45) is 0. The summed E-state index contributed by atoms with van der Waals surface area (Å²) in [6.45, 7) is 1.54. The third kappa shape index (κ3) is 3.58. The molecule has 0 aliphatic carbocycles. The Bertz CT molecular complexity index is 785. The Labute approximate surface area is 135 Å². The van der Waals surface area contributed by atoms with Gasteiger partial charge >= 0.3 is 0 Å². The van der Waals surface area contributed by atoms with Crippen molar-refractivity contribution in [1.29, 1.82) is 0 Å². The highest BCUT2D eigenvalue weighted by Gasteiger charge is 2.14. The van der Waals surface area contributed by atoms with Crippen molar-refractivity contribution in [2.75, 3.05) is 4.90 Å². The van der Waals surface area contributed by atoms with Crippen molar-refractivity contribution < 1.29 is 9.53 Å². The molecule has 1 radical (unpaired) electrons. The van der Waals surface area contributed by atoms with Gasteiger partial charge < -0.3 is 4.74 Å². The van der Waals surface area contributed by atoms with Gasteiger partial charge in [-0.05, 0) is 42.5 Å². The zero-order valence-corrected chi connectivity index (χ0v) is 12.8. The molecule has 0 unspecified atom stereocenters. The number of carbonyl (C=O) groups is 1. The molecule has 0 spiro atoms. The van der Waals surface area contributed by atoms with Gasteiger partial charge in [0.05, 0.1) is 5.69 Å². The summed E-state index contributed by atoms with van der Waals surface area (Å²) >= 11 is 0. The molecule has 0 bridgehead atoms. The molecule has 23 heavy (non-hydrogen) atoms. The van der Waals surface area contributed by atoms with E-state index in [1.165, 1.54) is 0 Å². The predicted octanol–water partition coefficient (Wildman–Crippen LogP) is 4.96. The van der Waals surface area contributed by atoms with Gasteiger partial charge in [-0.3, -0.25) is 9.69 Å². The van der Waals surface area contributed by atoms with Gasteiger partial charge in [0.15, 0.2) is 0 Å². The Balaban J connectivity index is 1.92. The van der Waals surface area contributed by atoms with E-state index in [0.717, 1.165) is 17.1 Å². The second-order valence-corrected chi connectivity index (χ2v) is 5.03. The van der Waals surface area contributed by atoms with Crippen LogP contribution in [0.1, 0.15) is 6.92 Å². The molecule has 0 aliphatic rings. The number of nitrogens with zero attached hydrogens (tertiary/aromatic N) is 1. The quantitative estimate of drug-likeness (QED) is 0.681. The zero-order chi connectivity index (χ0) is 16.1. The number of amides is 1. The minimum atomic E-state index is -0.0620. The van der Waals surface area contributed by atoms with Crippen LogP contribution in [0.4, 0.5) is 11.4 Å². The maximum absolute atomic E-state index is 12.1. The molecule has 0 heterocycles. The van der Waals surface area contributed by atoms with E-state index in [1.807, 2.05) is 66.7 Å². The van der Waals surface area contributed by atoms with Gasteiger partial charge in [0.1, 0.15) is 11.5 Å². The Morgan fingerprint density at radius 3 is 2.26 bits per heavy atom. The molecule has 0 N–H and O–H groups in total. The third-order valence-corrected chi connectivity index (χ3v) is 3.33. The molecular weight excluding hydrogens is 286 g/mol. The number of carbonyl (C=O) groups excluding carboxylic acids is 1. The third-order valence-electron chi connectivity index (χ3n) is 3.33. The monoisotopic (exact) mass is 302 g/mol. The van der Waals surface area contributed by atoms with Crippen molar-refractivity contribution in [3.8, 4) is 11.5 Å². The van der Waals surface area contributed by atoms with Crippen molar-refractivity contribution >= 4 is 17.3 Å². The normalized spacial score (nSPS) is 10.1. The van der Waals surface area contributed by atoms with E-state index in [2.05, 4.69) is 6.07 Å². The molecule has 0 saturated carbocycles. The van der Waals surface area contributed by atoms with Gasteiger partial charge in [-0.15, -0.1) is 0 Å². The van der Waals surface area contributed by atoms with E-state index in [9.17, 15) is 4.79 Å². The van der Waals surface area contributed by atoms with Crippen LogP contribution in [-0.4, -0.2) is 5.91 Å². The number of ether oxygens (including phenoxy) is 1. The first-order valence-electron chi connectivity index (χ1n) is 7.34. The van der Waals surface area contributed by atoms with Crippen LogP contribution in [0.5, 0.6) is 11.5 Å². The second-order valence-electron chi connectivity index (χ2n) is 5.03. The Hall–Kier alpha value is -3.07. The van der Waals surface area contributed by atoms with E-state index < -0.39 is 0 Å². The lowest BCUT2D eigenvalue weighted by molar-refractivity contribution is -0.115. The highest BCUT2D eigenvalue weighted by molar-refractivity contribution is 5.99. The second kappa shape index (κ2) is 6.79. The number of anilines is 2. The molecule has 0 fully saturated rings. The molecule has 3 aromatic rings. The molecule has 0 aromatic heterocycles. The lowest BCUT2D eigenvalue weighted by Crippen LogP contribution is -2.22. The minimum absolute atomic E-state index is 0.0620. The number of hydrogen-bond acceptors (Lipinski definition) is 2. The van der Waals surface area contributed by atoms with Gasteiger partial charge in [-0.2, -0.15) is 0 Å². The zero-order valence-electron chi connectivity index (χ0n) is 12.8.